The van der Waals surface area contributed by atoms with Crippen LogP contribution in [0.2, 0.25) is 0 Å². The number of aromatic nitrogens is 2. The molecule has 0 amide bonds. The summed E-state index contributed by atoms with van der Waals surface area (Å²) in [6.45, 7) is 6.91. The van der Waals surface area contributed by atoms with Gasteiger partial charge in [0.05, 0.1) is 6.20 Å². The molecule has 0 aliphatic heterocycles. The third-order valence-electron chi connectivity index (χ3n) is 2.93. The van der Waals surface area contributed by atoms with E-state index in [2.05, 4.69) is 29.1 Å². The predicted octanol–water partition coefficient (Wildman–Crippen LogP) is 3.84. The smallest absolute Gasteiger partial charge is 0.223 e. The lowest BCUT2D eigenvalue weighted by Crippen LogP contribution is -2.04. The van der Waals surface area contributed by atoms with Crippen molar-refractivity contribution in [2.24, 2.45) is 0 Å². The van der Waals surface area contributed by atoms with Crippen molar-refractivity contribution in [2.75, 3.05) is 11.9 Å². The zero-order valence-corrected chi connectivity index (χ0v) is 11.4. The van der Waals surface area contributed by atoms with Gasteiger partial charge in [-0.15, -0.1) is 0 Å². The molecular formula is C15H18FN3. The van der Waals surface area contributed by atoms with E-state index in [1.54, 1.807) is 0 Å². The number of nitrogens with zero attached hydrogens (tertiary/aromatic N) is 2. The molecule has 1 heterocycles. The molecule has 0 aliphatic rings. The van der Waals surface area contributed by atoms with Crippen LogP contribution >= 0.6 is 0 Å². The van der Waals surface area contributed by atoms with Gasteiger partial charge in [-0.1, -0.05) is 38.1 Å². The van der Waals surface area contributed by atoms with Crippen LogP contribution in [-0.4, -0.2) is 16.5 Å². The van der Waals surface area contributed by atoms with Crippen LogP contribution in [0.15, 0.2) is 30.5 Å². The minimum Gasteiger partial charge on any atom is -0.354 e. The van der Waals surface area contributed by atoms with Gasteiger partial charge in [0, 0.05) is 12.1 Å². The van der Waals surface area contributed by atoms with Gasteiger partial charge in [0.2, 0.25) is 5.95 Å². The minimum atomic E-state index is -0.404. The van der Waals surface area contributed by atoms with Crippen LogP contribution in [0.4, 0.5) is 10.3 Å². The topological polar surface area (TPSA) is 37.8 Å². The molecule has 1 aromatic carbocycles. The summed E-state index contributed by atoms with van der Waals surface area (Å²) < 4.78 is 13.8. The maximum Gasteiger partial charge on any atom is 0.223 e. The highest BCUT2D eigenvalue weighted by Crippen LogP contribution is 2.23. The first-order valence-electron chi connectivity index (χ1n) is 6.48. The van der Waals surface area contributed by atoms with E-state index in [9.17, 15) is 4.39 Å². The van der Waals surface area contributed by atoms with Gasteiger partial charge in [0.1, 0.15) is 5.69 Å². The van der Waals surface area contributed by atoms with E-state index in [0.29, 0.717) is 24.1 Å². The Kier molecular flexibility index (Phi) is 4.10. The number of halogens is 1. The molecule has 0 unspecified atom stereocenters. The lowest BCUT2D eigenvalue weighted by atomic mass is 10.0. The Hall–Kier alpha value is -1.97. The molecule has 1 N–H and O–H groups in total. The number of nitrogens with one attached hydrogen (secondary N) is 1. The van der Waals surface area contributed by atoms with Crippen LogP contribution in [0, 0.1) is 5.82 Å². The highest BCUT2D eigenvalue weighted by molar-refractivity contribution is 5.61. The molecule has 0 saturated heterocycles. The molecule has 0 radical (unpaired) electrons. The number of benzene rings is 1. The second-order valence-corrected chi connectivity index (χ2v) is 4.70. The van der Waals surface area contributed by atoms with Crippen LogP contribution in [0.3, 0.4) is 0 Å². The van der Waals surface area contributed by atoms with Crippen molar-refractivity contribution < 1.29 is 4.39 Å². The van der Waals surface area contributed by atoms with E-state index < -0.39 is 5.82 Å². The Morgan fingerprint density at radius 2 is 1.89 bits per heavy atom. The van der Waals surface area contributed by atoms with Gasteiger partial charge in [0.15, 0.2) is 5.82 Å². The summed E-state index contributed by atoms with van der Waals surface area (Å²) in [7, 11) is 0. The van der Waals surface area contributed by atoms with Crippen molar-refractivity contribution >= 4 is 5.95 Å². The van der Waals surface area contributed by atoms with Crippen molar-refractivity contribution in [2.45, 2.75) is 26.7 Å². The van der Waals surface area contributed by atoms with Crippen molar-refractivity contribution in [3.8, 4) is 11.3 Å². The van der Waals surface area contributed by atoms with Gasteiger partial charge in [-0.2, -0.15) is 0 Å². The maximum absolute atomic E-state index is 13.8. The van der Waals surface area contributed by atoms with Crippen LogP contribution in [0.1, 0.15) is 32.3 Å². The number of hydrogen-bond acceptors (Lipinski definition) is 3. The average molecular weight is 259 g/mol. The Labute approximate surface area is 112 Å². The Balaban J connectivity index is 2.37. The molecule has 0 bridgehead atoms. The number of hydrogen-bond donors (Lipinski definition) is 1. The summed E-state index contributed by atoms with van der Waals surface area (Å²) in [4.78, 5) is 8.11. The molecule has 2 rings (SSSR count). The molecule has 0 saturated carbocycles. The maximum atomic E-state index is 13.8. The van der Waals surface area contributed by atoms with E-state index >= 15 is 0 Å². The van der Waals surface area contributed by atoms with Crippen LogP contribution in [0.25, 0.3) is 11.3 Å². The summed E-state index contributed by atoms with van der Waals surface area (Å²) in [6.07, 6.45) is 1.21. The summed E-state index contributed by atoms with van der Waals surface area (Å²) in [6, 6.07) is 7.82. The van der Waals surface area contributed by atoms with Crippen molar-refractivity contribution in [1.29, 1.82) is 0 Å². The Morgan fingerprint density at radius 1 is 1.21 bits per heavy atom. The summed E-state index contributed by atoms with van der Waals surface area (Å²) >= 11 is 0. The highest BCUT2D eigenvalue weighted by atomic mass is 19.1. The van der Waals surface area contributed by atoms with Gasteiger partial charge < -0.3 is 5.32 Å². The van der Waals surface area contributed by atoms with E-state index in [1.165, 1.54) is 11.8 Å². The zero-order chi connectivity index (χ0) is 13.8. The average Bonchev–Trinajstić information content (AvgIpc) is 2.41. The van der Waals surface area contributed by atoms with Crippen molar-refractivity contribution in [1.82, 2.24) is 9.97 Å². The first kappa shape index (κ1) is 13.5. The second kappa shape index (κ2) is 5.78. The zero-order valence-electron chi connectivity index (χ0n) is 11.4. The highest BCUT2D eigenvalue weighted by Gasteiger charge is 2.09. The van der Waals surface area contributed by atoms with E-state index in [1.807, 2.05) is 31.2 Å². The fourth-order valence-corrected chi connectivity index (χ4v) is 1.84. The minimum absolute atomic E-state index is 0.334. The van der Waals surface area contributed by atoms with Gasteiger partial charge in [-0.25, -0.2) is 14.4 Å². The van der Waals surface area contributed by atoms with E-state index in [0.717, 1.165) is 5.56 Å². The molecule has 0 fully saturated rings. The van der Waals surface area contributed by atoms with Gasteiger partial charge in [0.25, 0.3) is 0 Å². The van der Waals surface area contributed by atoms with Gasteiger partial charge >= 0.3 is 0 Å². The second-order valence-electron chi connectivity index (χ2n) is 4.70. The van der Waals surface area contributed by atoms with Crippen LogP contribution in [-0.2, 0) is 0 Å². The molecule has 0 atom stereocenters. The van der Waals surface area contributed by atoms with E-state index in [-0.39, 0.29) is 0 Å². The molecule has 19 heavy (non-hydrogen) atoms. The normalized spacial score (nSPS) is 10.8. The largest absolute Gasteiger partial charge is 0.354 e. The predicted molar refractivity (Wildman–Crippen MR) is 75.7 cm³/mol. The third kappa shape index (κ3) is 3.08. The molecule has 1 aromatic heterocycles. The summed E-state index contributed by atoms with van der Waals surface area (Å²) in [5, 5.41) is 2.99. The van der Waals surface area contributed by atoms with Crippen LogP contribution in [0.5, 0.6) is 0 Å². The first-order chi connectivity index (χ1) is 9.11. The number of rotatable bonds is 4. The quantitative estimate of drug-likeness (QED) is 0.906. The fraction of sp³-hybridized carbons (Fsp3) is 0.333. The third-order valence-corrected chi connectivity index (χ3v) is 2.93. The molecule has 2 aromatic rings. The van der Waals surface area contributed by atoms with E-state index in [4.69, 9.17) is 0 Å². The van der Waals surface area contributed by atoms with Crippen molar-refractivity contribution in [3.05, 3.63) is 41.8 Å². The summed E-state index contributed by atoms with van der Waals surface area (Å²) in [5.74, 6) is 0.507. The fourth-order valence-electron chi connectivity index (χ4n) is 1.84. The first-order valence-corrected chi connectivity index (χ1v) is 6.48. The standard InChI is InChI=1S/C15H18FN3/c1-4-17-15-18-9-13(16)14(19-15)12-7-5-11(6-8-12)10(2)3/h5-10H,4H2,1-3H3,(H,17,18,19). The molecule has 0 spiro atoms. The SMILES string of the molecule is CCNc1ncc(F)c(-c2ccc(C(C)C)cc2)n1. The monoisotopic (exact) mass is 259 g/mol. The lowest BCUT2D eigenvalue weighted by Gasteiger charge is -2.08. The van der Waals surface area contributed by atoms with Crippen LogP contribution < -0.4 is 5.32 Å². The molecule has 0 aliphatic carbocycles. The number of anilines is 1. The van der Waals surface area contributed by atoms with Crippen molar-refractivity contribution in [3.63, 3.8) is 0 Å². The van der Waals surface area contributed by atoms with Gasteiger partial charge in [-0.05, 0) is 18.4 Å². The molecule has 3 nitrogen and oxygen atoms in total. The molecule has 4 heteroatoms. The Bertz CT molecular complexity index is 550. The lowest BCUT2D eigenvalue weighted by molar-refractivity contribution is 0.618. The molecule has 100 valence electrons. The summed E-state index contributed by atoms with van der Waals surface area (Å²) in [5.41, 5.74) is 2.33. The Morgan fingerprint density at radius 3 is 2.47 bits per heavy atom. The molecular weight excluding hydrogens is 241 g/mol. The van der Waals surface area contributed by atoms with Gasteiger partial charge in [-0.3, -0.25) is 0 Å².